The van der Waals surface area contributed by atoms with Gasteiger partial charge in [-0.25, -0.2) is 9.37 Å². The molecule has 1 aromatic heterocycles. The third-order valence-electron chi connectivity index (χ3n) is 5.30. The number of hydrogen-bond donors (Lipinski definition) is 1. The lowest BCUT2D eigenvalue weighted by molar-refractivity contribution is -0.120. The van der Waals surface area contributed by atoms with E-state index in [2.05, 4.69) is 21.3 Å². The summed E-state index contributed by atoms with van der Waals surface area (Å²) in [4.78, 5) is 19.3. The number of carbonyl (C=O) groups excluding carboxylic acids is 1. The molecule has 0 saturated carbocycles. The number of aromatic nitrogens is 1. The molecule has 1 saturated heterocycles. The first kappa shape index (κ1) is 19.6. The quantitative estimate of drug-likeness (QED) is 0.694. The number of hydrogen-bond acceptors (Lipinski definition) is 4. The van der Waals surface area contributed by atoms with Crippen LogP contribution in [-0.2, 0) is 4.79 Å². The molecule has 3 aromatic rings. The molecule has 4 rings (SSSR count). The molecular weight excluding hydrogens is 379 g/mol. The van der Waals surface area contributed by atoms with Crippen LogP contribution in [-0.4, -0.2) is 24.0 Å². The first-order valence-electron chi connectivity index (χ1n) is 9.90. The van der Waals surface area contributed by atoms with Crippen LogP contribution < -0.4 is 10.2 Å². The molecular formula is C24H21FN4O. The van der Waals surface area contributed by atoms with Crippen molar-refractivity contribution in [1.29, 1.82) is 5.26 Å². The van der Waals surface area contributed by atoms with E-state index in [1.807, 2.05) is 30.3 Å². The predicted molar refractivity (Wildman–Crippen MR) is 114 cm³/mol. The molecule has 0 aliphatic carbocycles. The third kappa shape index (κ3) is 4.47. The van der Waals surface area contributed by atoms with Gasteiger partial charge in [0.05, 0.1) is 11.5 Å². The van der Waals surface area contributed by atoms with Gasteiger partial charge in [-0.3, -0.25) is 4.79 Å². The molecule has 0 spiro atoms. The zero-order chi connectivity index (χ0) is 20.9. The number of piperidine rings is 1. The summed E-state index contributed by atoms with van der Waals surface area (Å²) < 4.78 is 13.2. The highest BCUT2D eigenvalue weighted by Gasteiger charge is 2.26. The standard InChI is InChI=1S/C24H21FN4O/c25-21-9-7-18(8-10-21)19-3-1-5-22(13-19)28-24(30)20-4-2-12-29(16-20)23-11-6-17(14-26)15-27-23/h1,3,5-11,13,15,20H,2,4,12,16H2,(H,28,30)/t20-/m0/s1. The lowest BCUT2D eigenvalue weighted by Crippen LogP contribution is -2.41. The van der Waals surface area contributed by atoms with E-state index < -0.39 is 0 Å². The molecule has 5 nitrogen and oxygen atoms in total. The number of halogens is 1. The van der Waals surface area contributed by atoms with Crippen LogP contribution in [0.25, 0.3) is 11.1 Å². The van der Waals surface area contributed by atoms with E-state index in [0.717, 1.165) is 42.0 Å². The second kappa shape index (κ2) is 8.75. The number of pyridine rings is 1. The van der Waals surface area contributed by atoms with Crippen molar-refractivity contribution in [3.63, 3.8) is 0 Å². The Bertz CT molecular complexity index is 1070. The lowest BCUT2D eigenvalue weighted by atomic mass is 9.96. The summed E-state index contributed by atoms with van der Waals surface area (Å²) in [5.41, 5.74) is 3.05. The summed E-state index contributed by atoms with van der Waals surface area (Å²) >= 11 is 0. The van der Waals surface area contributed by atoms with Crippen molar-refractivity contribution >= 4 is 17.4 Å². The van der Waals surface area contributed by atoms with Crippen LogP contribution in [0.5, 0.6) is 0 Å². The van der Waals surface area contributed by atoms with Crippen LogP contribution in [0.4, 0.5) is 15.9 Å². The summed E-state index contributed by atoms with van der Waals surface area (Å²) in [6.07, 6.45) is 3.27. The maximum absolute atomic E-state index is 13.2. The van der Waals surface area contributed by atoms with E-state index in [4.69, 9.17) is 5.26 Å². The number of anilines is 2. The molecule has 1 aliphatic heterocycles. The van der Waals surface area contributed by atoms with E-state index in [1.165, 1.54) is 12.1 Å². The Kier molecular flexibility index (Phi) is 5.71. The molecule has 1 atom stereocenters. The summed E-state index contributed by atoms with van der Waals surface area (Å²) in [6.45, 7) is 1.42. The zero-order valence-corrected chi connectivity index (χ0v) is 16.4. The maximum atomic E-state index is 13.2. The van der Waals surface area contributed by atoms with Crippen LogP contribution in [0.15, 0.2) is 66.9 Å². The number of nitrogens with one attached hydrogen (secondary N) is 1. The Morgan fingerprint density at radius 2 is 1.97 bits per heavy atom. The van der Waals surface area contributed by atoms with Gasteiger partial charge in [-0.05, 0) is 60.4 Å². The van der Waals surface area contributed by atoms with Gasteiger partial charge in [0.25, 0.3) is 0 Å². The van der Waals surface area contributed by atoms with Crippen molar-refractivity contribution in [3.05, 3.63) is 78.2 Å². The molecule has 30 heavy (non-hydrogen) atoms. The van der Waals surface area contributed by atoms with Crippen molar-refractivity contribution in [2.45, 2.75) is 12.8 Å². The second-order valence-electron chi connectivity index (χ2n) is 7.38. The van der Waals surface area contributed by atoms with Crippen LogP contribution in [0.3, 0.4) is 0 Å². The van der Waals surface area contributed by atoms with Gasteiger partial charge in [-0.2, -0.15) is 5.26 Å². The summed E-state index contributed by atoms with van der Waals surface area (Å²) in [5.74, 6) is 0.335. The van der Waals surface area contributed by atoms with Crippen molar-refractivity contribution in [2.75, 3.05) is 23.3 Å². The molecule has 1 amide bonds. The molecule has 150 valence electrons. The molecule has 0 bridgehead atoms. The molecule has 1 aliphatic rings. The second-order valence-corrected chi connectivity index (χ2v) is 7.38. The molecule has 2 aromatic carbocycles. The first-order valence-corrected chi connectivity index (χ1v) is 9.90. The van der Waals surface area contributed by atoms with Gasteiger partial charge >= 0.3 is 0 Å². The van der Waals surface area contributed by atoms with Gasteiger partial charge in [-0.1, -0.05) is 24.3 Å². The molecule has 2 heterocycles. The number of carbonyl (C=O) groups is 1. The summed E-state index contributed by atoms with van der Waals surface area (Å²) in [6, 6.07) is 19.5. The van der Waals surface area contributed by atoms with Crippen LogP contribution in [0.1, 0.15) is 18.4 Å². The average Bonchev–Trinajstić information content (AvgIpc) is 2.80. The Morgan fingerprint density at radius 3 is 2.70 bits per heavy atom. The fraction of sp³-hybridized carbons (Fsp3) is 0.208. The highest BCUT2D eigenvalue weighted by atomic mass is 19.1. The number of benzene rings is 2. The van der Waals surface area contributed by atoms with Gasteiger partial charge in [0.15, 0.2) is 0 Å². The van der Waals surface area contributed by atoms with Crippen molar-refractivity contribution in [2.24, 2.45) is 5.92 Å². The van der Waals surface area contributed by atoms with E-state index >= 15 is 0 Å². The van der Waals surface area contributed by atoms with Crippen molar-refractivity contribution < 1.29 is 9.18 Å². The Hall–Kier alpha value is -3.72. The minimum absolute atomic E-state index is 0.0235. The molecule has 1 N–H and O–H groups in total. The van der Waals surface area contributed by atoms with E-state index in [-0.39, 0.29) is 17.6 Å². The predicted octanol–water partition coefficient (Wildman–Crippen LogP) is 4.61. The lowest BCUT2D eigenvalue weighted by Gasteiger charge is -2.32. The number of nitriles is 1. The molecule has 1 fully saturated rings. The van der Waals surface area contributed by atoms with Crippen molar-refractivity contribution in [3.8, 4) is 17.2 Å². The van der Waals surface area contributed by atoms with Gasteiger partial charge in [0, 0.05) is 25.0 Å². The zero-order valence-electron chi connectivity index (χ0n) is 16.4. The Balaban J connectivity index is 1.43. The summed E-state index contributed by atoms with van der Waals surface area (Å²) in [7, 11) is 0. The monoisotopic (exact) mass is 400 g/mol. The first-order chi connectivity index (χ1) is 14.6. The smallest absolute Gasteiger partial charge is 0.229 e. The number of rotatable bonds is 4. The largest absolute Gasteiger partial charge is 0.356 e. The maximum Gasteiger partial charge on any atom is 0.229 e. The number of amides is 1. The van der Waals surface area contributed by atoms with Gasteiger partial charge in [0.1, 0.15) is 17.7 Å². The van der Waals surface area contributed by atoms with E-state index in [9.17, 15) is 9.18 Å². The molecule has 0 radical (unpaired) electrons. The highest BCUT2D eigenvalue weighted by molar-refractivity contribution is 5.93. The minimum Gasteiger partial charge on any atom is -0.356 e. The Labute approximate surface area is 174 Å². The van der Waals surface area contributed by atoms with Crippen molar-refractivity contribution in [1.82, 2.24) is 4.98 Å². The summed E-state index contributed by atoms with van der Waals surface area (Å²) in [5, 5.41) is 11.9. The third-order valence-corrected chi connectivity index (χ3v) is 5.30. The van der Waals surface area contributed by atoms with Gasteiger partial charge < -0.3 is 10.2 Å². The van der Waals surface area contributed by atoms with E-state index in [1.54, 1.807) is 24.4 Å². The van der Waals surface area contributed by atoms with Crippen LogP contribution in [0, 0.1) is 23.1 Å². The van der Waals surface area contributed by atoms with Crippen LogP contribution >= 0.6 is 0 Å². The SMILES string of the molecule is N#Cc1ccc(N2CCC[C@H](C(=O)Nc3cccc(-c4ccc(F)cc4)c3)C2)nc1. The average molecular weight is 400 g/mol. The topological polar surface area (TPSA) is 69.0 Å². The fourth-order valence-corrected chi connectivity index (χ4v) is 3.70. The van der Waals surface area contributed by atoms with Crippen LogP contribution in [0.2, 0.25) is 0 Å². The molecule has 0 unspecified atom stereocenters. The normalized spacial score (nSPS) is 16.0. The number of nitrogens with zero attached hydrogens (tertiary/aromatic N) is 3. The molecule has 6 heteroatoms. The minimum atomic E-state index is -0.276. The van der Waals surface area contributed by atoms with Gasteiger partial charge in [0.2, 0.25) is 5.91 Å². The van der Waals surface area contributed by atoms with E-state index in [0.29, 0.717) is 12.1 Å². The van der Waals surface area contributed by atoms with Gasteiger partial charge in [-0.15, -0.1) is 0 Å². The Morgan fingerprint density at radius 1 is 1.13 bits per heavy atom. The fourth-order valence-electron chi connectivity index (χ4n) is 3.70. The highest BCUT2D eigenvalue weighted by Crippen LogP contribution is 2.25.